The number of rotatable bonds is 9. The van der Waals surface area contributed by atoms with E-state index in [4.69, 9.17) is 4.74 Å². The molecule has 1 atom stereocenters. The molecular weight excluding hydrogens is 388 g/mol. The van der Waals surface area contributed by atoms with Crippen LogP contribution >= 0.6 is 0 Å². The zero-order chi connectivity index (χ0) is 21.6. The summed E-state index contributed by atoms with van der Waals surface area (Å²) >= 11 is 0. The van der Waals surface area contributed by atoms with Crippen LogP contribution in [0.25, 0.3) is 0 Å². The fourth-order valence-electron chi connectivity index (χ4n) is 2.77. The Labute approximate surface area is 173 Å². The number of hydrogen-bond donors (Lipinski definition) is 1. The summed E-state index contributed by atoms with van der Waals surface area (Å²) in [5.74, 6) is 0.677. The van der Waals surface area contributed by atoms with Gasteiger partial charge in [0.2, 0.25) is 15.9 Å². The van der Waals surface area contributed by atoms with Gasteiger partial charge in [-0.3, -0.25) is 9.10 Å². The summed E-state index contributed by atoms with van der Waals surface area (Å²) in [6, 6.07) is 14.6. The van der Waals surface area contributed by atoms with Crippen molar-refractivity contribution >= 4 is 21.6 Å². The van der Waals surface area contributed by atoms with E-state index in [1.165, 1.54) is 0 Å². The highest BCUT2D eigenvalue weighted by atomic mass is 32.2. The molecule has 2 aromatic rings. The molecule has 0 aliphatic rings. The van der Waals surface area contributed by atoms with Crippen molar-refractivity contribution in [2.24, 2.45) is 0 Å². The number of nitrogens with one attached hydrogen (secondary N) is 1. The van der Waals surface area contributed by atoms with E-state index in [9.17, 15) is 13.2 Å². The van der Waals surface area contributed by atoms with E-state index in [-0.39, 0.29) is 25.1 Å². The van der Waals surface area contributed by atoms with Crippen LogP contribution in [0.15, 0.2) is 48.5 Å². The summed E-state index contributed by atoms with van der Waals surface area (Å²) in [5.41, 5.74) is 2.71. The molecule has 0 saturated heterocycles. The van der Waals surface area contributed by atoms with Crippen LogP contribution in [0.3, 0.4) is 0 Å². The highest BCUT2D eigenvalue weighted by Crippen LogP contribution is 2.21. The predicted molar refractivity (Wildman–Crippen MR) is 117 cm³/mol. The van der Waals surface area contributed by atoms with Crippen LogP contribution in [0.2, 0.25) is 0 Å². The van der Waals surface area contributed by atoms with Crippen LogP contribution in [-0.2, 0) is 14.8 Å². The molecule has 0 bridgehead atoms. The SMILES string of the molecule is Cc1ccc(OCC(C)NC(=O)CN(c2ccc(C(C)C)cc2)S(C)(=O)=O)cc1. The predicted octanol–water partition coefficient (Wildman–Crippen LogP) is 3.47. The number of amides is 1. The first-order chi connectivity index (χ1) is 13.6. The van der Waals surface area contributed by atoms with E-state index in [2.05, 4.69) is 19.2 Å². The van der Waals surface area contributed by atoms with Gasteiger partial charge < -0.3 is 10.1 Å². The van der Waals surface area contributed by atoms with Gasteiger partial charge in [0.05, 0.1) is 18.0 Å². The molecule has 29 heavy (non-hydrogen) atoms. The standard InChI is InChI=1S/C22H30N2O4S/c1-16(2)19-8-10-20(11-9-19)24(29(5,26)27)14-22(25)23-18(4)15-28-21-12-6-17(3)7-13-21/h6-13,16,18H,14-15H2,1-5H3,(H,23,25). The molecule has 0 spiro atoms. The first-order valence-electron chi connectivity index (χ1n) is 9.62. The molecule has 0 radical (unpaired) electrons. The Morgan fingerprint density at radius 3 is 2.14 bits per heavy atom. The number of carbonyl (C=O) groups excluding carboxylic acids is 1. The summed E-state index contributed by atoms with van der Waals surface area (Å²) < 4.78 is 31.2. The molecule has 0 aliphatic heterocycles. The molecule has 0 aliphatic carbocycles. The van der Waals surface area contributed by atoms with Crippen LogP contribution in [0.1, 0.15) is 37.8 Å². The smallest absolute Gasteiger partial charge is 0.241 e. The van der Waals surface area contributed by atoms with Gasteiger partial charge in [-0.2, -0.15) is 0 Å². The van der Waals surface area contributed by atoms with Crippen LogP contribution in [-0.4, -0.2) is 39.8 Å². The number of benzene rings is 2. The van der Waals surface area contributed by atoms with Gasteiger partial charge in [0.25, 0.3) is 0 Å². The molecule has 0 saturated carbocycles. The topological polar surface area (TPSA) is 75.7 Å². The van der Waals surface area contributed by atoms with Gasteiger partial charge in [-0.1, -0.05) is 43.7 Å². The molecule has 0 aromatic heterocycles. The lowest BCUT2D eigenvalue weighted by molar-refractivity contribution is -0.120. The Morgan fingerprint density at radius 1 is 1.03 bits per heavy atom. The monoisotopic (exact) mass is 418 g/mol. The number of carbonyl (C=O) groups is 1. The minimum atomic E-state index is -3.60. The highest BCUT2D eigenvalue weighted by Gasteiger charge is 2.22. The summed E-state index contributed by atoms with van der Waals surface area (Å²) in [6.07, 6.45) is 1.10. The van der Waals surface area contributed by atoms with Crippen LogP contribution in [0, 0.1) is 6.92 Å². The molecule has 2 rings (SSSR count). The van der Waals surface area contributed by atoms with Crippen molar-refractivity contribution in [3.05, 3.63) is 59.7 Å². The third kappa shape index (κ3) is 7.09. The van der Waals surface area contributed by atoms with Gasteiger partial charge in [-0.25, -0.2) is 8.42 Å². The number of aryl methyl sites for hydroxylation is 1. The van der Waals surface area contributed by atoms with E-state index >= 15 is 0 Å². The molecule has 1 N–H and O–H groups in total. The molecule has 0 fully saturated rings. The molecule has 6 nitrogen and oxygen atoms in total. The Hall–Kier alpha value is -2.54. The number of hydrogen-bond acceptors (Lipinski definition) is 4. The molecule has 1 unspecified atom stereocenters. The molecule has 0 heterocycles. The second-order valence-corrected chi connectivity index (χ2v) is 9.52. The molecular formula is C22H30N2O4S. The van der Waals surface area contributed by atoms with Gasteiger partial charge in [0.15, 0.2) is 0 Å². The second-order valence-electron chi connectivity index (χ2n) is 7.61. The fourth-order valence-corrected chi connectivity index (χ4v) is 3.63. The summed E-state index contributed by atoms with van der Waals surface area (Å²) in [6.45, 7) is 7.95. The fraction of sp³-hybridized carbons (Fsp3) is 0.409. The van der Waals surface area contributed by atoms with Crippen LogP contribution in [0.5, 0.6) is 5.75 Å². The Kier molecular flexibility index (Phi) is 7.67. The average Bonchev–Trinajstić information content (AvgIpc) is 2.65. The zero-order valence-electron chi connectivity index (χ0n) is 17.7. The molecule has 158 valence electrons. The zero-order valence-corrected chi connectivity index (χ0v) is 18.5. The average molecular weight is 419 g/mol. The molecule has 2 aromatic carbocycles. The first kappa shape index (κ1) is 22.7. The third-order valence-electron chi connectivity index (χ3n) is 4.46. The van der Waals surface area contributed by atoms with Crippen molar-refractivity contribution in [2.45, 2.75) is 39.7 Å². The lowest BCUT2D eigenvalue weighted by Crippen LogP contribution is -2.44. The van der Waals surface area contributed by atoms with Gasteiger partial charge in [-0.05, 0) is 49.6 Å². The van der Waals surface area contributed by atoms with Crippen molar-refractivity contribution < 1.29 is 17.9 Å². The minimum absolute atomic E-state index is 0.270. The highest BCUT2D eigenvalue weighted by molar-refractivity contribution is 7.92. The van der Waals surface area contributed by atoms with Gasteiger partial charge >= 0.3 is 0 Å². The minimum Gasteiger partial charge on any atom is -0.491 e. The van der Waals surface area contributed by atoms with Gasteiger partial charge in [0.1, 0.15) is 18.9 Å². The van der Waals surface area contributed by atoms with E-state index in [1.54, 1.807) is 12.1 Å². The quantitative estimate of drug-likeness (QED) is 0.677. The van der Waals surface area contributed by atoms with E-state index in [0.717, 1.165) is 27.4 Å². The van der Waals surface area contributed by atoms with Crippen molar-refractivity contribution in [2.75, 3.05) is 23.7 Å². The third-order valence-corrected chi connectivity index (χ3v) is 5.60. The van der Waals surface area contributed by atoms with Gasteiger partial charge in [-0.15, -0.1) is 0 Å². The van der Waals surface area contributed by atoms with Crippen molar-refractivity contribution in [3.63, 3.8) is 0 Å². The van der Waals surface area contributed by atoms with Crippen LogP contribution in [0.4, 0.5) is 5.69 Å². The van der Waals surface area contributed by atoms with E-state index in [0.29, 0.717) is 11.6 Å². The lowest BCUT2D eigenvalue weighted by atomic mass is 10.0. The first-order valence-corrected chi connectivity index (χ1v) is 11.5. The number of ether oxygens (including phenoxy) is 1. The normalized spacial score (nSPS) is 12.5. The van der Waals surface area contributed by atoms with Crippen molar-refractivity contribution in [1.82, 2.24) is 5.32 Å². The summed E-state index contributed by atoms with van der Waals surface area (Å²) in [5, 5.41) is 2.79. The maximum Gasteiger partial charge on any atom is 0.241 e. The Balaban J connectivity index is 1.97. The van der Waals surface area contributed by atoms with E-state index < -0.39 is 10.0 Å². The maximum atomic E-state index is 12.4. The Bertz CT molecular complexity index is 907. The lowest BCUT2D eigenvalue weighted by Gasteiger charge is -2.23. The number of anilines is 1. The van der Waals surface area contributed by atoms with Crippen molar-refractivity contribution in [3.8, 4) is 5.75 Å². The molecule has 1 amide bonds. The summed E-state index contributed by atoms with van der Waals surface area (Å²) in [4.78, 5) is 12.4. The second kappa shape index (κ2) is 9.78. The number of nitrogens with zero attached hydrogens (tertiary/aromatic N) is 1. The molecule has 7 heteroatoms. The summed E-state index contributed by atoms with van der Waals surface area (Å²) in [7, 11) is -3.60. The van der Waals surface area contributed by atoms with Crippen molar-refractivity contribution in [1.29, 1.82) is 0 Å². The largest absolute Gasteiger partial charge is 0.491 e. The Morgan fingerprint density at radius 2 is 1.62 bits per heavy atom. The maximum absolute atomic E-state index is 12.4. The number of sulfonamides is 1. The van der Waals surface area contributed by atoms with Crippen LogP contribution < -0.4 is 14.4 Å². The van der Waals surface area contributed by atoms with E-state index in [1.807, 2.05) is 50.2 Å². The van der Waals surface area contributed by atoms with Gasteiger partial charge in [0, 0.05) is 0 Å².